The minimum absolute atomic E-state index is 0.382. The molecule has 0 saturated heterocycles. The standard InChI is InChI=1S/C14H14N4O/c1-18-9-12(8-16-18)19-14-11(7-15)6-10-4-2-3-5-13(10)17-14/h2-6,8-9H,7,15H2,1H3. The van der Waals surface area contributed by atoms with E-state index in [0.717, 1.165) is 16.5 Å². The molecule has 0 aliphatic carbocycles. The Bertz CT molecular complexity index is 720. The molecule has 3 aromatic rings. The summed E-state index contributed by atoms with van der Waals surface area (Å²) in [6.07, 6.45) is 3.44. The van der Waals surface area contributed by atoms with Gasteiger partial charge in [0.2, 0.25) is 5.88 Å². The highest BCUT2D eigenvalue weighted by Crippen LogP contribution is 2.26. The quantitative estimate of drug-likeness (QED) is 0.778. The van der Waals surface area contributed by atoms with Crippen LogP contribution in [0.15, 0.2) is 42.7 Å². The molecule has 5 heteroatoms. The number of nitrogens with zero attached hydrogens (tertiary/aromatic N) is 3. The van der Waals surface area contributed by atoms with Gasteiger partial charge in [0.1, 0.15) is 0 Å². The molecule has 0 saturated carbocycles. The number of benzene rings is 1. The maximum absolute atomic E-state index is 5.76. The van der Waals surface area contributed by atoms with E-state index in [4.69, 9.17) is 10.5 Å². The molecular formula is C14H14N4O. The largest absolute Gasteiger partial charge is 0.435 e. The first-order valence-corrected chi connectivity index (χ1v) is 6.01. The summed E-state index contributed by atoms with van der Waals surface area (Å²) in [6.45, 7) is 0.382. The molecule has 1 aromatic carbocycles. The van der Waals surface area contributed by atoms with E-state index in [1.807, 2.05) is 37.4 Å². The smallest absolute Gasteiger partial charge is 0.224 e. The van der Waals surface area contributed by atoms with Gasteiger partial charge in [-0.05, 0) is 12.1 Å². The highest BCUT2D eigenvalue weighted by atomic mass is 16.5. The van der Waals surface area contributed by atoms with Crippen LogP contribution >= 0.6 is 0 Å². The second-order valence-electron chi connectivity index (χ2n) is 4.30. The van der Waals surface area contributed by atoms with Gasteiger partial charge in [-0.1, -0.05) is 18.2 Å². The Morgan fingerprint density at radius 1 is 1.32 bits per heavy atom. The van der Waals surface area contributed by atoms with Crippen LogP contribution in [-0.4, -0.2) is 14.8 Å². The van der Waals surface area contributed by atoms with E-state index in [9.17, 15) is 0 Å². The topological polar surface area (TPSA) is 66.0 Å². The van der Waals surface area contributed by atoms with E-state index in [2.05, 4.69) is 10.1 Å². The Morgan fingerprint density at radius 2 is 2.16 bits per heavy atom. The maximum Gasteiger partial charge on any atom is 0.224 e. The fraction of sp³-hybridized carbons (Fsp3) is 0.143. The van der Waals surface area contributed by atoms with Crippen molar-refractivity contribution in [3.05, 3.63) is 48.3 Å². The summed E-state index contributed by atoms with van der Waals surface area (Å²) >= 11 is 0. The third kappa shape index (κ3) is 2.28. The van der Waals surface area contributed by atoms with Crippen molar-refractivity contribution >= 4 is 10.9 Å². The zero-order chi connectivity index (χ0) is 13.2. The normalized spacial score (nSPS) is 10.8. The zero-order valence-corrected chi connectivity index (χ0v) is 10.6. The van der Waals surface area contributed by atoms with Crippen LogP contribution < -0.4 is 10.5 Å². The first-order chi connectivity index (χ1) is 9.26. The maximum atomic E-state index is 5.76. The van der Waals surface area contributed by atoms with Crippen LogP contribution in [-0.2, 0) is 13.6 Å². The van der Waals surface area contributed by atoms with Gasteiger partial charge in [-0.15, -0.1) is 0 Å². The van der Waals surface area contributed by atoms with Crippen molar-refractivity contribution in [2.45, 2.75) is 6.54 Å². The van der Waals surface area contributed by atoms with Crippen molar-refractivity contribution in [3.8, 4) is 11.6 Å². The average Bonchev–Trinajstić information content (AvgIpc) is 2.83. The van der Waals surface area contributed by atoms with Crippen LogP contribution in [0.1, 0.15) is 5.56 Å². The minimum atomic E-state index is 0.382. The molecule has 0 unspecified atom stereocenters. The molecule has 2 aromatic heterocycles. The second kappa shape index (κ2) is 4.70. The summed E-state index contributed by atoms with van der Waals surface area (Å²) in [5, 5.41) is 5.12. The fourth-order valence-corrected chi connectivity index (χ4v) is 1.94. The monoisotopic (exact) mass is 254 g/mol. The Kier molecular flexibility index (Phi) is 2.89. The van der Waals surface area contributed by atoms with Gasteiger partial charge in [0, 0.05) is 24.5 Å². The van der Waals surface area contributed by atoms with Crippen molar-refractivity contribution in [3.63, 3.8) is 0 Å². The molecule has 0 aliphatic rings. The molecule has 2 N–H and O–H groups in total. The Balaban J connectivity index is 2.05. The number of nitrogens with two attached hydrogens (primary N) is 1. The van der Waals surface area contributed by atoms with Crippen molar-refractivity contribution in [1.29, 1.82) is 0 Å². The predicted molar refractivity (Wildman–Crippen MR) is 72.9 cm³/mol. The number of ether oxygens (including phenoxy) is 1. The van der Waals surface area contributed by atoms with Crippen LogP contribution in [0.4, 0.5) is 0 Å². The first kappa shape index (κ1) is 11.7. The molecule has 19 heavy (non-hydrogen) atoms. The van der Waals surface area contributed by atoms with Gasteiger partial charge in [-0.2, -0.15) is 5.10 Å². The Hall–Kier alpha value is -2.40. The molecule has 5 nitrogen and oxygen atoms in total. The van der Waals surface area contributed by atoms with Crippen molar-refractivity contribution in [1.82, 2.24) is 14.8 Å². The zero-order valence-electron chi connectivity index (χ0n) is 10.6. The Labute approximate surface area is 110 Å². The predicted octanol–water partition coefficient (Wildman–Crippen LogP) is 2.22. The molecule has 0 atom stereocenters. The SMILES string of the molecule is Cn1cc(Oc2nc3ccccc3cc2CN)cn1. The van der Waals surface area contributed by atoms with Crippen molar-refractivity contribution in [2.24, 2.45) is 12.8 Å². The molecule has 0 amide bonds. The summed E-state index contributed by atoms with van der Waals surface area (Å²) in [6, 6.07) is 9.90. The summed E-state index contributed by atoms with van der Waals surface area (Å²) in [5.41, 5.74) is 7.52. The lowest BCUT2D eigenvalue weighted by molar-refractivity contribution is 0.458. The van der Waals surface area contributed by atoms with Gasteiger partial charge < -0.3 is 10.5 Å². The highest BCUT2D eigenvalue weighted by Gasteiger charge is 2.09. The van der Waals surface area contributed by atoms with Gasteiger partial charge in [-0.25, -0.2) is 4.98 Å². The fourth-order valence-electron chi connectivity index (χ4n) is 1.94. The number of rotatable bonds is 3. The molecule has 0 radical (unpaired) electrons. The number of pyridine rings is 1. The molecule has 96 valence electrons. The van der Waals surface area contributed by atoms with Gasteiger partial charge >= 0.3 is 0 Å². The number of hydrogen-bond acceptors (Lipinski definition) is 4. The van der Waals surface area contributed by atoms with Crippen LogP contribution in [0, 0.1) is 0 Å². The molecule has 0 spiro atoms. The van der Waals surface area contributed by atoms with E-state index in [1.165, 1.54) is 0 Å². The van der Waals surface area contributed by atoms with Crippen molar-refractivity contribution < 1.29 is 4.74 Å². The van der Waals surface area contributed by atoms with Crippen LogP contribution in [0.25, 0.3) is 10.9 Å². The van der Waals surface area contributed by atoms with E-state index in [-0.39, 0.29) is 0 Å². The van der Waals surface area contributed by atoms with E-state index in [0.29, 0.717) is 18.2 Å². The van der Waals surface area contributed by atoms with Crippen molar-refractivity contribution in [2.75, 3.05) is 0 Å². The highest BCUT2D eigenvalue weighted by molar-refractivity contribution is 5.80. The Morgan fingerprint density at radius 3 is 2.89 bits per heavy atom. The van der Waals surface area contributed by atoms with E-state index < -0.39 is 0 Å². The first-order valence-electron chi connectivity index (χ1n) is 6.01. The molecule has 2 heterocycles. The number of aromatic nitrogens is 3. The molecular weight excluding hydrogens is 240 g/mol. The number of para-hydroxylation sites is 1. The van der Waals surface area contributed by atoms with Crippen LogP contribution in [0.5, 0.6) is 11.6 Å². The minimum Gasteiger partial charge on any atom is -0.435 e. The van der Waals surface area contributed by atoms with E-state index in [1.54, 1.807) is 17.1 Å². The lowest BCUT2D eigenvalue weighted by Gasteiger charge is -2.08. The molecule has 3 rings (SSSR count). The number of hydrogen-bond donors (Lipinski definition) is 1. The van der Waals surface area contributed by atoms with E-state index >= 15 is 0 Å². The summed E-state index contributed by atoms with van der Waals surface area (Å²) in [5.74, 6) is 1.19. The van der Waals surface area contributed by atoms with Crippen LogP contribution in [0.3, 0.4) is 0 Å². The summed E-state index contributed by atoms with van der Waals surface area (Å²) in [4.78, 5) is 4.51. The van der Waals surface area contributed by atoms with Gasteiger partial charge in [0.25, 0.3) is 0 Å². The summed E-state index contributed by atoms with van der Waals surface area (Å²) in [7, 11) is 1.84. The number of aryl methyl sites for hydroxylation is 1. The lowest BCUT2D eigenvalue weighted by Crippen LogP contribution is -2.01. The number of fused-ring (bicyclic) bond motifs is 1. The summed E-state index contributed by atoms with van der Waals surface area (Å²) < 4.78 is 7.43. The lowest BCUT2D eigenvalue weighted by atomic mass is 10.1. The van der Waals surface area contributed by atoms with Gasteiger partial charge in [0.05, 0.1) is 17.9 Å². The van der Waals surface area contributed by atoms with Gasteiger partial charge in [0.15, 0.2) is 5.75 Å². The van der Waals surface area contributed by atoms with Crippen LogP contribution in [0.2, 0.25) is 0 Å². The molecule has 0 bridgehead atoms. The third-order valence-corrected chi connectivity index (χ3v) is 2.88. The third-order valence-electron chi connectivity index (χ3n) is 2.88. The van der Waals surface area contributed by atoms with Gasteiger partial charge in [-0.3, -0.25) is 4.68 Å². The molecule has 0 aliphatic heterocycles. The molecule has 0 fully saturated rings. The second-order valence-corrected chi connectivity index (χ2v) is 4.30. The average molecular weight is 254 g/mol.